The number of aliphatic hydroxyl groups is 1. The Balaban J connectivity index is 1.86. The molecule has 2 heterocycles. The highest BCUT2D eigenvalue weighted by molar-refractivity contribution is 6.51. The van der Waals surface area contributed by atoms with Crippen molar-refractivity contribution < 1.29 is 28.7 Å². The molecule has 1 amide bonds. The molecule has 0 saturated carbocycles. The van der Waals surface area contributed by atoms with Crippen molar-refractivity contribution in [3.05, 3.63) is 89.7 Å². The fraction of sp³-hybridized carbons (Fsp3) is 0.160. The molecule has 0 radical (unpaired) electrons. The van der Waals surface area contributed by atoms with Crippen molar-refractivity contribution in [2.24, 2.45) is 0 Å². The maximum absolute atomic E-state index is 13.1. The van der Waals surface area contributed by atoms with Crippen LogP contribution in [-0.4, -0.2) is 35.7 Å². The molecule has 0 unspecified atom stereocenters. The van der Waals surface area contributed by atoms with E-state index in [0.717, 1.165) is 0 Å². The van der Waals surface area contributed by atoms with Gasteiger partial charge in [0.15, 0.2) is 5.82 Å². The third-order valence-corrected chi connectivity index (χ3v) is 5.21. The van der Waals surface area contributed by atoms with Crippen LogP contribution in [0.3, 0.4) is 0 Å². The third kappa shape index (κ3) is 4.10. The molecule has 1 saturated heterocycles. The minimum absolute atomic E-state index is 0.0614. The Morgan fingerprint density at radius 1 is 1.18 bits per heavy atom. The van der Waals surface area contributed by atoms with Gasteiger partial charge >= 0.3 is 5.91 Å². The second kappa shape index (κ2) is 9.04. The lowest BCUT2D eigenvalue weighted by molar-refractivity contribution is -0.132. The highest BCUT2D eigenvalue weighted by Crippen LogP contribution is 2.42. The van der Waals surface area contributed by atoms with Crippen LogP contribution < -0.4 is 14.4 Å². The average molecular weight is 446 g/mol. The van der Waals surface area contributed by atoms with Crippen LogP contribution in [0.4, 0.5) is 5.82 Å². The van der Waals surface area contributed by atoms with Crippen LogP contribution in [0.15, 0.2) is 77.3 Å². The van der Waals surface area contributed by atoms with Gasteiger partial charge in [0.05, 0.1) is 18.7 Å². The molecule has 8 heteroatoms. The maximum Gasteiger partial charge on any atom is 0.301 e. The molecule has 8 nitrogen and oxygen atoms in total. The van der Waals surface area contributed by atoms with E-state index in [4.69, 9.17) is 14.0 Å². The second-order valence-corrected chi connectivity index (χ2v) is 7.37. The minimum Gasteiger partial charge on any atom is -0.507 e. The van der Waals surface area contributed by atoms with Gasteiger partial charge in [0.1, 0.15) is 29.6 Å². The number of carbonyl (C=O) groups is 2. The lowest BCUT2D eigenvalue weighted by Gasteiger charge is -2.23. The lowest BCUT2D eigenvalue weighted by atomic mass is 9.95. The van der Waals surface area contributed by atoms with Crippen LogP contribution in [0.5, 0.6) is 11.5 Å². The Labute approximate surface area is 190 Å². The normalized spacial score (nSPS) is 17.3. The summed E-state index contributed by atoms with van der Waals surface area (Å²) in [4.78, 5) is 27.4. The first-order valence-corrected chi connectivity index (χ1v) is 10.2. The van der Waals surface area contributed by atoms with E-state index in [2.05, 4.69) is 11.7 Å². The Hall–Kier alpha value is -4.33. The van der Waals surface area contributed by atoms with Gasteiger partial charge in [0.2, 0.25) is 0 Å². The number of hydrogen-bond donors (Lipinski definition) is 1. The zero-order valence-corrected chi connectivity index (χ0v) is 18.1. The van der Waals surface area contributed by atoms with Crippen LogP contribution in [0.1, 0.15) is 22.9 Å². The summed E-state index contributed by atoms with van der Waals surface area (Å²) in [6.07, 6.45) is 1.62. The van der Waals surface area contributed by atoms with Crippen LogP contribution in [-0.2, 0) is 9.59 Å². The van der Waals surface area contributed by atoms with E-state index < -0.39 is 17.7 Å². The molecular formula is C25H22N2O6. The van der Waals surface area contributed by atoms with Crippen molar-refractivity contribution in [3.8, 4) is 11.5 Å². The summed E-state index contributed by atoms with van der Waals surface area (Å²) in [6.45, 7) is 5.63. The molecule has 2 aromatic carbocycles. The summed E-state index contributed by atoms with van der Waals surface area (Å²) in [5.74, 6) is -0.177. The Kier molecular flexibility index (Phi) is 5.99. The van der Waals surface area contributed by atoms with Crippen LogP contribution >= 0.6 is 0 Å². The van der Waals surface area contributed by atoms with Gasteiger partial charge in [0.25, 0.3) is 5.78 Å². The highest BCUT2D eigenvalue weighted by Gasteiger charge is 2.48. The number of amides is 1. The number of methoxy groups -OCH3 is 1. The van der Waals surface area contributed by atoms with Crippen LogP contribution in [0.25, 0.3) is 5.76 Å². The number of aryl methyl sites for hydroxylation is 1. The topological polar surface area (TPSA) is 102 Å². The number of rotatable bonds is 7. The fourth-order valence-corrected chi connectivity index (χ4v) is 3.68. The number of ether oxygens (including phenoxy) is 2. The van der Waals surface area contributed by atoms with Gasteiger partial charge in [0, 0.05) is 11.6 Å². The molecule has 33 heavy (non-hydrogen) atoms. The van der Waals surface area contributed by atoms with Gasteiger partial charge in [-0.1, -0.05) is 29.9 Å². The lowest BCUT2D eigenvalue weighted by Crippen LogP contribution is -2.29. The molecule has 1 atom stereocenters. The van der Waals surface area contributed by atoms with Crippen molar-refractivity contribution in [1.29, 1.82) is 0 Å². The zero-order chi connectivity index (χ0) is 23.5. The third-order valence-electron chi connectivity index (χ3n) is 5.21. The predicted octanol–water partition coefficient (Wildman–Crippen LogP) is 4.18. The molecule has 0 bridgehead atoms. The number of hydrogen-bond acceptors (Lipinski definition) is 7. The summed E-state index contributed by atoms with van der Waals surface area (Å²) < 4.78 is 15.9. The van der Waals surface area contributed by atoms with Gasteiger partial charge in [-0.15, -0.1) is 0 Å². The number of aliphatic hydroxyl groups excluding tert-OH is 1. The van der Waals surface area contributed by atoms with Gasteiger partial charge in [-0.25, -0.2) is 0 Å². The number of aromatic nitrogens is 1. The first kappa shape index (κ1) is 21.9. The number of ketones is 1. The molecule has 3 aromatic rings. The van der Waals surface area contributed by atoms with Gasteiger partial charge in [-0.05, 0) is 48.9 Å². The first-order valence-electron chi connectivity index (χ1n) is 10.2. The monoisotopic (exact) mass is 446 g/mol. The van der Waals surface area contributed by atoms with Crippen molar-refractivity contribution in [2.45, 2.75) is 13.0 Å². The molecular weight excluding hydrogens is 424 g/mol. The fourth-order valence-electron chi connectivity index (χ4n) is 3.68. The van der Waals surface area contributed by atoms with Crippen molar-refractivity contribution >= 4 is 23.3 Å². The van der Waals surface area contributed by atoms with Crippen molar-refractivity contribution in [1.82, 2.24) is 5.16 Å². The van der Waals surface area contributed by atoms with Crippen molar-refractivity contribution in [3.63, 3.8) is 0 Å². The van der Waals surface area contributed by atoms with Gasteiger partial charge in [-0.2, -0.15) is 0 Å². The van der Waals surface area contributed by atoms with Gasteiger partial charge < -0.3 is 19.1 Å². The second-order valence-electron chi connectivity index (χ2n) is 7.37. The highest BCUT2D eigenvalue weighted by atomic mass is 16.5. The van der Waals surface area contributed by atoms with Crippen LogP contribution in [0.2, 0.25) is 0 Å². The molecule has 1 aliphatic heterocycles. The summed E-state index contributed by atoms with van der Waals surface area (Å²) in [5, 5.41) is 15.1. The molecule has 1 aromatic heterocycles. The summed E-state index contributed by atoms with van der Waals surface area (Å²) in [7, 11) is 1.52. The van der Waals surface area contributed by atoms with Gasteiger partial charge in [-0.3, -0.25) is 14.5 Å². The van der Waals surface area contributed by atoms with E-state index >= 15 is 0 Å². The maximum atomic E-state index is 13.1. The average Bonchev–Trinajstić information content (AvgIpc) is 3.38. The van der Waals surface area contributed by atoms with E-state index in [1.165, 1.54) is 12.0 Å². The van der Waals surface area contributed by atoms with Crippen molar-refractivity contribution in [2.75, 3.05) is 18.6 Å². The Bertz CT molecular complexity index is 1240. The molecule has 4 rings (SSSR count). The quantitative estimate of drug-likeness (QED) is 0.251. The summed E-state index contributed by atoms with van der Waals surface area (Å²) in [5.41, 5.74) is 0.874. The molecule has 0 spiro atoms. The number of Topliss-reactive ketones (excluding diaryl/α,β-unsaturated/α-hetero) is 1. The first-order chi connectivity index (χ1) is 15.9. The summed E-state index contributed by atoms with van der Waals surface area (Å²) in [6, 6.07) is 14.1. The largest absolute Gasteiger partial charge is 0.507 e. The smallest absolute Gasteiger partial charge is 0.301 e. The molecule has 0 aliphatic carbocycles. The summed E-state index contributed by atoms with van der Waals surface area (Å²) >= 11 is 0. The van der Waals surface area contributed by atoms with E-state index in [0.29, 0.717) is 35.0 Å². The predicted molar refractivity (Wildman–Crippen MR) is 121 cm³/mol. The van der Waals surface area contributed by atoms with E-state index in [9.17, 15) is 14.7 Å². The molecule has 1 fully saturated rings. The Morgan fingerprint density at radius 2 is 1.94 bits per heavy atom. The zero-order valence-electron chi connectivity index (χ0n) is 18.1. The number of anilines is 1. The number of carbonyl (C=O) groups excluding carboxylic acids is 2. The SMILES string of the molecule is C=CCOc1ccc(C(O)=C2C(=O)C(=O)N(c3cc(C)on3)[C@@H]2c2cccc(OC)c2)cc1. The Morgan fingerprint density at radius 3 is 2.58 bits per heavy atom. The number of benzene rings is 2. The van der Waals surface area contributed by atoms with E-state index in [1.54, 1.807) is 67.6 Å². The molecule has 1 N–H and O–H groups in total. The number of nitrogens with zero attached hydrogens (tertiary/aromatic N) is 2. The molecule has 168 valence electrons. The minimum atomic E-state index is -0.929. The molecule has 1 aliphatic rings. The standard InChI is InChI=1S/C25H22N2O6/c1-4-12-32-18-10-8-16(9-11-18)23(28)21-22(17-6-5-7-19(14-17)31-3)27(25(30)24(21)29)20-13-15(2)33-26-20/h4-11,13-14,22,28H,1,12H2,2-3H3/t22-/m1/s1. The van der Waals surface area contributed by atoms with Crippen LogP contribution in [0, 0.1) is 6.92 Å². The van der Waals surface area contributed by atoms with E-state index in [-0.39, 0.29) is 17.2 Å². The van der Waals surface area contributed by atoms with E-state index in [1.807, 2.05) is 0 Å².